The van der Waals surface area contributed by atoms with Crippen molar-refractivity contribution < 1.29 is 17.9 Å². The van der Waals surface area contributed by atoms with Crippen LogP contribution < -0.4 is 21.1 Å². The highest BCUT2D eigenvalue weighted by Gasteiger charge is 2.45. The van der Waals surface area contributed by atoms with Crippen molar-refractivity contribution in [1.82, 2.24) is 25.0 Å². The van der Waals surface area contributed by atoms with Gasteiger partial charge in [-0.05, 0) is 42.7 Å². The van der Waals surface area contributed by atoms with Crippen LogP contribution in [0.5, 0.6) is 5.88 Å². The van der Waals surface area contributed by atoms with Gasteiger partial charge in [0.05, 0.1) is 23.8 Å². The average molecular weight is 521 g/mol. The van der Waals surface area contributed by atoms with E-state index in [1.807, 2.05) is 19.1 Å². The van der Waals surface area contributed by atoms with Gasteiger partial charge in [0.1, 0.15) is 22.7 Å². The minimum absolute atomic E-state index is 0.125. The molecule has 190 valence electrons. The van der Waals surface area contributed by atoms with Crippen LogP contribution in [0.15, 0.2) is 41.7 Å². The quantitative estimate of drug-likeness (QED) is 0.332. The Labute approximate surface area is 212 Å². The predicted octanol–water partition coefficient (Wildman–Crippen LogP) is 2.19. The van der Waals surface area contributed by atoms with Gasteiger partial charge in [0.2, 0.25) is 11.8 Å². The van der Waals surface area contributed by atoms with Crippen molar-refractivity contribution in [1.29, 1.82) is 0 Å². The van der Waals surface area contributed by atoms with Gasteiger partial charge in [0.25, 0.3) is 0 Å². The number of nitrogen functional groups attached to an aromatic ring is 1. The van der Waals surface area contributed by atoms with E-state index in [0.717, 1.165) is 34.0 Å². The van der Waals surface area contributed by atoms with E-state index in [9.17, 15) is 13.2 Å². The second kappa shape index (κ2) is 8.40. The zero-order valence-corrected chi connectivity index (χ0v) is 20.9. The lowest BCUT2D eigenvalue weighted by atomic mass is 9.99. The lowest BCUT2D eigenvalue weighted by Gasteiger charge is -2.21. The molecule has 2 aliphatic rings. The molecule has 1 saturated carbocycles. The molecule has 0 bridgehead atoms. The zero-order valence-electron chi connectivity index (χ0n) is 20.1. The number of nitrogens with zero attached hydrogens (tertiary/aromatic N) is 5. The number of hydrogen-bond acceptors (Lipinski definition) is 10. The summed E-state index contributed by atoms with van der Waals surface area (Å²) in [4.78, 5) is 17.4. The Kier molecular flexibility index (Phi) is 5.26. The maximum atomic E-state index is 12.8. The topological polar surface area (TPSA) is 167 Å². The lowest BCUT2D eigenvalue weighted by molar-refractivity contribution is -0.117. The number of anilines is 3. The highest BCUT2D eigenvalue weighted by molar-refractivity contribution is 7.90. The van der Waals surface area contributed by atoms with Gasteiger partial charge < -0.3 is 21.1 Å². The fourth-order valence-corrected chi connectivity index (χ4v) is 5.12. The van der Waals surface area contributed by atoms with E-state index >= 15 is 0 Å². The molecule has 4 heterocycles. The molecule has 3 aromatic heterocycles. The summed E-state index contributed by atoms with van der Waals surface area (Å²) in [5.41, 5.74) is 10.9. The van der Waals surface area contributed by atoms with Gasteiger partial charge in [-0.25, -0.2) is 13.4 Å². The van der Waals surface area contributed by atoms with Gasteiger partial charge >= 0.3 is 0 Å². The minimum atomic E-state index is -3.36. The minimum Gasteiger partial charge on any atom is -0.474 e. The standard InChI is InChI=1S/C24H24N8O4S/c1-12-17(10-27-24-21(12)26-3-4-36-24)13-5-14-7-20(30-31-22(14)18(25)6-13)29-23(33)16-8-19(16)32-11-15(9-28-32)37(2,34)35/h5-7,9-11,16,19,26H,3-4,8,25H2,1-2H3,(H,29,30,33)/t16-,19-/m0/s1. The summed E-state index contributed by atoms with van der Waals surface area (Å²) in [6, 6.07) is 5.30. The van der Waals surface area contributed by atoms with Crippen LogP contribution in [-0.4, -0.2) is 58.7 Å². The number of rotatable bonds is 5. The number of hydrogen-bond donors (Lipinski definition) is 3. The molecule has 1 aromatic carbocycles. The van der Waals surface area contributed by atoms with Crippen LogP contribution in [0.1, 0.15) is 18.0 Å². The third-order valence-electron chi connectivity index (χ3n) is 6.67. The summed E-state index contributed by atoms with van der Waals surface area (Å²) in [7, 11) is -3.36. The lowest BCUT2D eigenvalue weighted by Crippen LogP contribution is -2.20. The van der Waals surface area contributed by atoms with E-state index in [-0.39, 0.29) is 22.8 Å². The number of nitrogens with one attached hydrogen (secondary N) is 2. The summed E-state index contributed by atoms with van der Waals surface area (Å²) < 4.78 is 30.6. The van der Waals surface area contributed by atoms with Crippen LogP contribution in [0.25, 0.3) is 22.0 Å². The van der Waals surface area contributed by atoms with Crippen LogP contribution in [0.3, 0.4) is 0 Å². The summed E-state index contributed by atoms with van der Waals surface area (Å²) in [6.45, 7) is 3.28. The van der Waals surface area contributed by atoms with Gasteiger partial charge in [0.15, 0.2) is 15.7 Å². The second-order valence-electron chi connectivity index (χ2n) is 9.31. The largest absolute Gasteiger partial charge is 0.474 e. The molecule has 1 aliphatic heterocycles. The first-order chi connectivity index (χ1) is 17.7. The number of sulfone groups is 1. The van der Waals surface area contributed by atoms with Gasteiger partial charge in [0, 0.05) is 36.1 Å². The Morgan fingerprint density at radius 2 is 2.08 bits per heavy atom. The molecular formula is C24H24N8O4S. The van der Waals surface area contributed by atoms with Gasteiger partial charge in [-0.3, -0.25) is 9.48 Å². The van der Waals surface area contributed by atoms with E-state index in [2.05, 4.69) is 30.9 Å². The molecule has 1 amide bonds. The number of amides is 1. The summed E-state index contributed by atoms with van der Waals surface area (Å²) >= 11 is 0. The molecule has 4 N–H and O–H groups in total. The Morgan fingerprint density at radius 1 is 1.24 bits per heavy atom. The summed E-state index contributed by atoms with van der Waals surface area (Å²) in [5.74, 6) is 0.297. The van der Waals surface area contributed by atoms with Crippen LogP contribution in [0, 0.1) is 12.8 Å². The highest BCUT2D eigenvalue weighted by atomic mass is 32.2. The van der Waals surface area contributed by atoms with Crippen molar-refractivity contribution in [3.8, 4) is 17.0 Å². The Morgan fingerprint density at radius 3 is 2.86 bits per heavy atom. The molecule has 1 fully saturated rings. The molecule has 37 heavy (non-hydrogen) atoms. The van der Waals surface area contributed by atoms with Crippen LogP contribution in [-0.2, 0) is 14.6 Å². The smallest absolute Gasteiger partial charge is 0.237 e. The van der Waals surface area contributed by atoms with Gasteiger partial charge in [-0.1, -0.05) is 0 Å². The Balaban J connectivity index is 1.24. The van der Waals surface area contributed by atoms with Crippen LogP contribution in [0.2, 0.25) is 0 Å². The summed E-state index contributed by atoms with van der Waals surface area (Å²) in [6.07, 6.45) is 6.18. The van der Waals surface area contributed by atoms with Crippen molar-refractivity contribution in [3.05, 3.63) is 42.4 Å². The van der Waals surface area contributed by atoms with E-state index in [0.29, 0.717) is 42.5 Å². The number of fused-ring (bicyclic) bond motifs is 2. The van der Waals surface area contributed by atoms with Gasteiger partial charge in [-0.15, -0.1) is 10.2 Å². The number of benzene rings is 1. The van der Waals surface area contributed by atoms with Crippen LogP contribution in [0.4, 0.5) is 17.2 Å². The third-order valence-corrected chi connectivity index (χ3v) is 7.73. The number of carbonyl (C=O) groups is 1. The van der Waals surface area contributed by atoms with Crippen molar-refractivity contribution in [3.63, 3.8) is 0 Å². The normalized spacial score (nSPS) is 18.5. The van der Waals surface area contributed by atoms with Crippen molar-refractivity contribution in [2.45, 2.75) is 24.3 Å². The molecule has 4 aromatic rings. The van der Waals surface area contributed by atoms with E-state index in [4.69, 9.17) is 10.5 Å². The van der Waals surface area contributed by atoms with Crippen molar-refractivity contribution in [2.24, 2.45) is 5.92 Å². The number of ether oxygens (including phenoxy) is 1. The molecule has 12 nitrogen and oxygen atoms in total. The third kappa shape index (κ3) is 4.20. The monoisotopic (exact) mass is 520 g/mol. The Bertz CT molecular complexity index is 1680. The number of nitrogens with two attached hydrogens (primary N) is 1. The number of carbonyl (C=O) groups excluding carboxylic acids is 1. The van der Waals surface area contributed by atoms with E-state index < -0.39 is 9.84 Å². The molecule has 6 rings (SSSR count). The van der Waals surface area contributed by atoms with Crippen molar-refractivity contribution >= 4 is 43.8 Å². The number of aromatic nitrogens is 5. The predicted molar refractivity (Wildman–Crippen MR) is 137 cm³/mol. The maximum absolute atomic E-state index is 12.8. The average Bonchev–Trinajstić information content (AvgIpc) is 3.50. The first-order valence-electron chi connectivity index (χ1n) is 11.7. The fraction of sp³-hybridized carbons (Fsp3) is 0.292. The number of pyridine rings is 1. The van der Waals surface area contributed by atoms with Crippen LogP contribution >= 0.6 is 0 Å². The van der Waals surface area contributed by atoms with Gasteiger partial charge in [-0.2, -0.15) is 5.10 Å². The van der Waals surface area contributed by atoms with E-state index in [1.54, 1.807) is 12.3 Å². The molecule has 0 radical (unpaired) electrons. The SMILES string of the molecule is Cc1c(-c2cc(N)c3nnc(NC(=O)[C@H]4C[C@@H]4n4cc(S(C)(=O)=O)cn4)cc3c2)cnc2c1NCCO2. The fourth-order valence-electron chi connectivity index (χ4n) is 4.58. The molecule has 0 unspecified atom stereocenters. The molecule has 0 saturated heterocycles. The first kappa shape index (κ1) is 23.2. The maximum Gasteiger partial charge on any atom is 0.237 e. The molecule has 0 spiro atoms. The Hall–Kier alpha value is -4.26. The molecule has 2 atom stereocenters. The summed E-state index contributed by atoms with van der Waals surface area (Å²) in [5, 5.41) is 19.3. The molecule has 13 heteroatoms. The highest BCUT2D eigenvalue weighted by Crippen LogP contribution is 2.44. The molecular weight excluding hydrogens is 496 g/mol. The van der Waals surface area contributed by atoms with E-state index in [1.165, 1.54) is 17.1 Å². The zero-order chi connectivity index (χ0) is 25.9. The molecule has 1 aliphatic carbocycles. The van der Waals surface area contributed by atoms with Crippen molar-refractivity contribution in [2.75, 3.05) is 35.8 Å². The second-order valence-corrected chi connectivity index (χ2v) is 11.3. The first-order valence-corrected chi connectivity index (χ1v) is 13.6.